The van der Waals surface area contributed by atoms with Gasteiger partial charge in [0.25, 0.3) is 5.91 Å². The summed E-state index contributed by atoms with van der Waals surface area (Å²) >= 11 is 0. The first-order chi connectivity index (χ1) is 9.28. The van der Waals surface area contributed by atoms with Crippen molar-refractivity contribution in [2.45, 2.75) is 26.3 Å². The van der Waals surface area contributed by atoms with Crippen molar-refractivity contribution in [2.24, 2.45) is 0 Å². The molecule has 1 amide bonds. The van der Waals surface area contributed by atoms with Gasteiger partial charge in [-0.3, -0.25) is 4.79 Å². The minimum atomic E-state index is -0.0436. The van der Waals surface area contributed by atoms with Crippen molar-refractivity contribution in [3.63, 3.8) is 0 Å². The maximum Gasteiger partial charge on any atom is 0.276 e. The number of fused-ring (bicyclic) bond motifs is 1. The standard InChI is InChI=1S/C15H16N2O2/c1-2-13-9-14(16-19-13)15(18)17-8-7-11-5-3-4-6-12(11)10-17/h3-6,9H,2,7-8,10H2,1H3. The molecular weight excluding hydrogens is 240 g/mol. The van der Waals surface area contributed by atoms with Gasteiger partial charge in [0.1, 0.15) is 5.76 Å². The molecule has 2 heterocycles. The number of aryl methyl sites for hydroxylation is 1. The Morgan fingerprint density at radius 1 is 1.37 bits per heavy atom. The zero-order valence-electron chi connectivity index (χ0n) is 10.9. The lowest BCUT2D eigenvalue weighted by atomic mass is 10.00. The van der Waals surface area contributed by atoms with E-state index in [4.69, 9.17) is 4.52 Å². The van der Waals surface area contributed by atoms with Gasteiger partial charge < -0.3 is 9.42 Å². The SMILES string of the molecule is CCc1cc(C(=O)N2CCc3ccccc3C2)no1. The molecule has 0 bridgehead atoms. The van der Waals surface area contributed by atoms with Crippen LogP contribution in [0, 0.1) is 0 Å². The monoisotopic (exact) mass is 256 g/mol. The van der Waals surface area contributed by atoms with Crippen molar-refractivity contribution < 1.29 is 9.32 Å². The van der Waals surface area contributed by atoms with Gasteiger partial charge >= 0.3 is 0 Å². The van der Waals surface area contributed by atoms with Gasteiger partial charge in [-0.05, 0) is 17.5 Å². The fraction of sp³-hybridized carbons (Fsp3) is 0.333. The lowest BCUT2D eigenvalue weighted by molar-refractivity contribution is 0.0724. The van der Waals surface area contributed by atoms with Crippen LogP contribution in [0.1, 0.15) is 34.3 Å². The average molecular weight is 256 g/mol. The molecule has 4 nitrogen and oxygen atoms in total. The van der Waals surface area contributed by atoms with E-state index >= 15 is 0 Å². The third-order valence-electron chi connectivity index (χ3n) is 3.54. The smallest absolute Gasteiger partial charge is 0.276 e. The predicted molar refractivity (Wildman–Crippen MR) is 70.8 cm³/mol. The topological polar surface area (TPSA) is 46.3 Å². The van der Waals surface area contributed by atoms with Crippen LogP contribution in [0.5, 0.6) is 0 Å². The Morgan fingerprint density at radius 2 is 2.16 bits per heavy atom. The largest absolute Gasteiger partial charge is 0.361 e. The normalized spacial score (nSPS) is 14.3. The van der Waals surface area contributed by atoms with Crippen LogP contribution in [-0.2, 0) is 19.4 Å². The van der Waals surface area contributed by atoms with Crippen molar-refractivity contribution in [1.29, 1.82) is 0 Å². The van der Waals surface area contributed by atoms with Crippen LogP contribution in [-0.4, -0.2) is 22.5 Å². The highest BCUT2D eigenvalue weighted by molar-refractivity contribution is 5.92. The molecule has 0 fully saturated rings. The van der Waals surface area contributed by atoms with E-state index in [0.717, 1.165) is 25.1 Å². The second kappa shape index (κ2) is 4.88. The van der Waals surface area contributed by atoms with Crippen LogP contribution in [0.2, 0.25) is 0 Å². The van der Waals surface area contributed by atoms with E-state index in [1.165, 1.54) is 11.1 Å². The van der Waals surface area contributed by atoms with Gasteiger partial charge in [0, 0.05) is 25.6 Å². The van der Waals surface area contributed by atoms with Crippen LogP contribution in [0.15, 0.2) is 34.9 Å². The first-order valence-electron chi connectivity index (χ1n) is 6.59. The highest BCUT2D eigenvalue weighted by Crippen LogP contribution is 2.20. The van der Waals surface area contributed by atoms with Crippen LogP contribution in [0.4, 0.5) is 0 Å². The maximum absolute atomic E-state index is 12.3. The van der Waals surface area contributed by atoms with E-state index in [1.54, 1.807) is 6.07 Å². The number of carbonyl (C=O) groups is 1. The number of nitrogens with zero attached hydrogens (tertiary/aromatic N) is 2. The quantitative estimate of drug-likeness (QED) is 0.829. The summed E-state index contributed by atoms with van der Waals surface area (Å²) < 4.78 is 5.10. The minimum Gasteiger partial charge on any atom is -0.361 e. The molecule has 1 aromatic heterocycles. The molecule has 3 rings (SSSR count). The Bertz CT molecular complexity index is 604. The van der Waals surface area contributed by atoms with Crippen LogP contribution in [0.25, 0.3) is 0 Å². The zero-order valence-corrected chi connectivity index (χ0v) is 10.9. The number of amides is 1. The van der Waals surface area contributed by atoms with E-state index < -0.39 is 0 Å². The van der Waals surface area contributed by atoms with Crippen molar-refractivity contribution in [3.05, 3.63) is 52.9 Å². The summed E-state index contributed by atoms with van der Waals surface area (Å²) in [5.74, 6) is 0.707. The summed E-state index contributed by atoms with van der Waals surface area (Å²) in [5, 5.41) is 3.85. The molecule has 0 spiro atoms. The lowest BCUT2D eigenvalue weighted by Gasteiger charge is -2.28. The van der Waals surface area contributed by atoms with Crippen molar-refractivity contribution >= 4 is 5.91 Å². The minimum absolute atomic E-state index is 0.0436. The molecule has 1 aromatic carbocycles. The van der Waals surface area contributed by atoms with Crippen LogP contribution >= 0.6 is 0 Å². The molecular formula is C15H16N2O2. The Balaban J connectivity index is 1.79. The third kappa shape index (κ3) is 2.26. The number of aromatic nitrogens is 1. The highest BCUT2D eigenvalue weighted by atomic mass is 16.5. The maximum atomic E-state index is 12.3. The molecule has 1 aliphatic heterocycles. The molecule has 0 radical (unpaired) electrons. The molecule has 2 aromatic rings. The molecule has 98 valence electrons. The number of hydrogen-bond donors (Lipinski definition) is 0. The first kappa shape index (κ1) is 12.0. The second-order valence-electron chi connectivity index (χ2n) is 4.78. The van der Waals surface area contributed by atoms with E-state index in [0.29, 0.717) is 12.2 Å². The summed E-state index contributed by atoms with van der Waals surface area (Å²) in [5.41, 5.74) is 2.97. The van der Waals surface area contributed by atoms with Gasteiger partial charge in [-0.2, -0.15) is 0 Å². The summed E-state index contributed by atoms with van der Waals surface area (Å²) in [7, 11) is 0. The van der Waals surface area contributed by atoms with E-state index in [-0.39, 0.29) is 5.91 Å². The molecule has 19 heavy (non-hydrogen) atoms. The third-order valence-corrected chi connectivity index (χ3v) is 3.54. The summed E-state index contributed by atoms with van der Waals surface area (Å²) in [6, 6.07) is 10.00. The van der Waals surface area contributed by atoms with Gasteiger partial charge in [-0.1, -0.05) is 36.3 Å². The first-order valence-corrected chi connectivity index (χ1v) is 6.59. The fourth-order valence-corrected chi connectivity index (χ4v) is 2.41. The molecule has 0 unspecified atom stereocenters. The molecule has 0 atom stereocenters. The van der Waals surface area contributed by atoms with Crippen LogP contribution < -0.4 is 0 Å². The predicted octanol–water partition coefficient (Wildman–Crippen LogP) is 2.44. The molecule has 1 aliphatic rings. The second-order valence-corrected chi connectivity index (χ2v) is 4.78. The van der Waals surface area contributed by atoms with Crippen molar-refractivity contribution in [2.75, 3.05) is 6.54 Å². The van der Waals surface area contributed by atoms with Gasteiger partial charge in [-0.25, -0.2) is 0 Å². The van der Waals surface area contributed by atoms with Gasteiger partial charge in [0.05, 0.1) is 0 Å². The number of benzene rings is 1. The van der Waals surface area contributed by atoms with Gasteiger partial charge in [0.15, 0.2) is 5.69 Å². The molecule has 0 N–H and O–H groups in total. The average Bonchev–Trinajstić information content (AvgIpc) is 2.95. The molecule has 0 aliphatic carbocycles. The Hall–Kier alpha value is -2.10. The zero-order chi connectivity index (χ0) is 13.2. The fourth-order valence-electron chi connectivity index (χ4n) is 2.41. The van der Waals surface area contributed by atoms with Crippen molar-refractivity contribution in [3.8, 4) is 0 Å². The molecule has 0 saturated carbocycles. The summed E-state index contributed by atoms with van der Waals surface area (Å²) in [4.78, 5) is 14.2. The van der Waals surface area contributed by atoms with E-state index in [9.17, 15) is 4.79 Å². The molecule has 0 saturated heterocycles. The Morgan fingerprint density at radius 3 is 2.89 bits per heavy atom. The lowest BCUT2D eigenvalue weighted by Crippen LogP contribution is -2.36. The number of hydrogen-bond acceptors (Lipinski definition) is 3. The number of carbonyl (C=O) groups excluding carboxylic acids is 1. The van der Waals surface area contributed by atoms with Crippen LogP contribution in [0.3, 0.4) is 0 Å². The number of rotatable bonds is 2. The Kier molecular flexibility index (Phi) is 3.07. The van der Waals surface area contributed by atoms with Gasteiger partial charge in [-0.15, -0.1) is 0 Å². The summed E-state index contributed by atoms with van der Waals surface area (Å²) in [6.07, 6.45) is 1.66. The Labute approximate surface area is 112 Å². The van der Waals surface area contributed by atoms with Crippen molar-refractivity contribution in [1.82, 2.24) is 10.1 Å². The van der Waals surface area contributed by atoms with Gasteiger partial charge in [0.2, 0.25) is 0 Å². The summed E-state index contributed by atoms with van der Waals surface area (Å²) in [6.45, 7) is 3.37. The van der Waals surface area contributed by atoms with E-state index in [1.807, 2.05) is 24.0 Å². The van der Waals surface area contributed by atoms with E-state index in [2.05, 4.69) is 17.3 Å². The highest BCUT2D eigenvalue weighted by Gasteiger charge is 2.23. The molecule has 4 heteroatoms.